The van der Waals surface area contributed by atoms with Gasteiger partial charge in [-0.3, -0.25) is 13.9 Å². The predicted molar refractivity (Wildman–Crippen MR) is 66.1 cm³/mol. The summed E-state index contributed by atoms with van der Waals surface area (Å²) < 4.78 is 2.47. The Morgan fingerprint density at radius 1 is 1.35 bits per heavy atom. The lowest BCUT2D eigenvalue weighted by molar-refractivity contribution is 0.706. The molecule has 17 heavy (non-hydrogen) atoms. The summed E-state index contributed by atoms with van der Waals surface area (Å²) in [6.07, 6.45) is 3.89. The van der Waals surface area contributed by atoms with Crippen LogP contribution in [0.25, 0.3) is 11.0 Å². The van der Waals surface area contributed by atoms with Gasteiger partial charge in [-0.15, -0.1) is 6.58 Å². The van der Waals surface area contributed by atoms with Gasteiger partial charge in [0.1, 0.15) is 5.65 Å². The molecule has 0 aliphatic rings. The fraction of sp³-hybridized carbons (Fsp3) is 0.250. The van der Waals surface area contributed by atoms with E-state index in [0.29, 0.717) is 17.5 Å². The maximum Gasteiger partial charge on any atom is 0.332 e. The van der Waals surface area contributed by atoms with Crippen molar-refractivity contribution >= 4 is 11.0 Å². The molecule has 2 aromatic rings. The third kappa shape index (κ3) is 1.60. The van der Waals surface area contributed by atoms with E-state index in [1.54, 1.807) is 25.4 Å². The summed E-state index contributed by atoms with van der Waals surface area (Å²) in [4.78, 5) is 27.9. The van der Waals surface area contributed by atoms with Gasteiger partial charge in [0, 0.05) is 20.3 Å². The van der Waals surface area contributed by atoms with E-state index in [9.17, 15) is 9.59 Å². The van der Waals surface area contributed by atoms with Crippen LogP contribution in [0.2, 0.25) is 0 Å². The molecule has 0 saturated carbocycles. The van der Waals surface area contributed by atoms with Crippen LogP contribution in [-0.2, 0) is 20.5 Å². The zero-order chi connectivity index (χ0) is 12.6. The van der Waals surface area contributed by atoms with Gasteiger partial charge in [-0.1, -0.05) is 6.08 Å². The minimum atomic E-state index is -0.370. The van der Waals surface area contributed by atoms with Gasteiger partial charge >= 0.3 is 5.69 Å². The molecule has 0 unspecified atom stereocenters. The van der Waals surface area contributed by atoms with Crippen molar-refractivity contribution in [2.45, 2.75) is 6.42 Å². The summed E-state index contributed by atoms with van der Waals surface area (Å²) in [5.41, 5.74) is 0.567. The zero-order valence-corrected chi connectivity index (χ0v) is 9.80. The van der Waals surface area contributed by atoms with E-state index < -0.39 is 0 Å². The smallest absolute Gasteiger partial charge is 0.280 e. The second-order valence-corrected chi connectivity index (χ2v) is 3.87. The molecule has 5 heteroatoms. The molecule has 0 radical (unpaired) electrons. The van der Waals surface area contributed by atoms with Crippen LogP contribution in [0, 0.1) is 0 Å². The quantitative estimate of drug-likeness (QED) is 0.701. The summed E-state index contributed by atoms with van der Waals surface area (Å²) >= 11 is 0. The Labute approximate surface area is 97.7 Å². The van der Waals surface area contributed by atoms with Crippen LogP contribution in [-0.4, -0.2) is 14.1 Å². The van der Waals surface area contributed by atoms with E-state index in [4.69, 9.17) is 0 Å². The number of nitrogens with zero attached hydrogens (tertiary/aromatic N) is 3. The molecule has 2 rings (SSSR count). The molecular weight excluding hydrogens is 218 g/mol. The highest BCUT2D eigenvalue weighted by Crippen LogP contribution is 2.11. The van der Waals surface area contributed by atoms with Gasteiger partial charge in [-0.05, 0) is 18.1 Å². The first-order valence-corrected chi connectivity index (χ1v) is 5.22. The molecule has 5 nitrogen and oxygen atoms in total. The lowest BCUT2D eigenvalue weighted by Gasteiger charge is -2.08. The molecule has 0 amide bonds. The van der Waals surface area contributed by atoms with E-state index in [0.717, 1.165) is 10.1 Å². The monoisotopic (exact) mass is 231 g/mol. The molecule has 88 valence electrons. The van der Waals surface area contributed by atoms with Crippen LogP contribution >= 0.6 is 0 Å². The highest BCUT2D eigenvalue weighted by Gasteiger charge is 2.12. The second-order valence-electron chi connectivity index (χ2n) is 3.87. The summed E-state index contributed by atoms with van der Waals surface area (Å²) in [7, 11) is 3.07. The molecule has 0 spiro atoms. The normalized spacial score (nSPS) is 10.7. The topological polar surface area (TPSA) is 56.9 Å². The first-order valence-electron chi connectivity index (χ1n) is 5.22. The Morgan fingerprint density at radius 3 is 2.71 bits per heavy atom. The molecule has 0 atom stereocenters. The van der Waals surface area contributed by atoms with Gasteiger partial charge in [0.15, 0.2) is 0 Å². The Hall–Kier alpha value is -2.17. The molecule has 0 bridgehead atoms. The maximum absolute atomic E-state index is 12.1. The van der Waals surface area contributed by atoms with Crippen molar-refractivity contribution < 1.29 is 0 Å². The van der Waals surface area contributed by atoms with E-state index in [2.05, 4.69) is 11.6 Å². The maximum atomic E-state index is 12.1. The van der Waals surface area contributed by atoms with Crippen molar-refractivity contribution in [1.82, 2.24) is 14.1 Å². The van der Waals surface area contributed by atoms with Gasteiger partial charge < -0.3 is 0 Å². The number of aromatic nitrogens is 3. The lowest BCUT2D eigenvalue weighted by Crippen LogP contribution is -2.37. The van der Waals surface area contributed by atoms with Crippen molar-refractivity contribution in [2.24, 2.45) is 14.1 Å². The highest BCUT2D eigenvalue weighted by molar-refractivity contribution is 5.78. The van der Waals surface area contributed by atoms with Gasteiger partial charge in [-0.2, -0.15) is 0 Å². The molecular formula is C12H13N3O2. The van der Waals surface area contributed by atoms with Crippen molar-refractivity contribution in [2.75, 3.05) is 0 Å². The van der Waals surface area contributed by atoms with Crippen molar-refractivity contribution in [3.63, 3.8) is 0 Å². The Kier molecular flexibility index (Phi) is 2.67. The van der Waals surface area contributed by atoms with Gasteiger partial charge in [0.05, 0.1) is 5.39 Å². The summed E-state index contributed by atoms with van der Waals surface area (Å²) in [6.45, 7) is 3.66. The summed E-state index contributed by atoms with van der Waals surface area (Å²) in [5.74, 6) is 0. The lowest BCUT2D eigenvalue weighted by atomic mass is 10.1. The minimum Gasteiger partial charge on any atom is -0.280 e. The summed E-state index contributed by atoms with van der Waals surface area (Å²) in [5, 5.41) is 0.483. The Bertz CT molecular complexity index is 710. The van der Waals surface area contributed by atoms with Crippen LogP contribution < -0.4 is 11.2 Å². The third-order valence-electron chi connectivity index (χ3n) is 2.79. The van der Waals surface area contributed by atoms with Gasteiger partial charge in [0.25, 0.3) is 5.56 Å². The molecule has 0 N–H and O–H groups in total. The fourth-order valence-corrected chi connectivity index (χ4v) is 1.87. The van der Waals surface area contributed by atoms with Crippen molar-refractivity contribution in [3.8, 4) is 0 Å². The van der Waals surface area contributed by atoms with Gasteiger partial charge in [-0.25, -0.2) is 9.78 Å². The van der Waals surface area contributed by atoms with Gasteiger partial charge in [0.2, 0.25) is 0 Å². The Morgan fingerprint density at radius 2 is 2.06 bits per heavy atom. The molecule has 2 aromatic heterocycles. The van der Waals surface area contributed by atoms with Crippen LogP contribution in [0.1, 0.15) is 5.56 Å². The van der Waals surface area contributed by atoms with Crippen LogP contribution in [0.4, 0.5) is 0 Å². The van der Waals surface area contributed by atoms with E-state index >= 15 is 0 Å². The molecule has 0 saturated heterocycles. The van der Waals surface area contributed by atoms with E-state index in [1.165, 1.54) is 11.6 Å². The fourth-order valence-electron chi connectivity index (χ4n) is 1.87. The number of fused-ring (bicyclic) bond motifs is 1. The van der Waals surface area contributed by atoms with Crippen LogP contribution in [0.3, 0.4) is 0 Å². The van der Waals surface area contributed by atoms with Crippen LogP contribution in [0.15, 0.2) is 34.5 Å². The van der Waals surface area contributed by atoms with Crippen molar-refractivity contribution in [1.29, 1.82) is 0 Å². The third-order valence-corrected chi connectivity index (χ3v) is 2.79. The first-order chi connectivity index (χ1) is 8.07. The average Bonchev–Trinajstić information content (AvgIpc) is 2.34. The zero-order valence-electron chi connectivity index (χ0n) is 9.80. The Balaban J connectivity index is 3.06. The molecule has 2 heterocycles. The minimum absolute atomic E-state index is 0.312. The molecule has 0 aromatic carbocycles. The molecule has 0 aliphatic heterocycles. The number of rotatable bonds is 2. The predicted octanol–water partition coefficient (Wildman–Crippen LogP) is 0.361. The average molecular weight is 231 g/mol. The van der Waals surface area contributed by atoms with E-state index in [1.807, 2.05) is 0 Å². The SMILES string of the molecule is C=CCc1ccnc2c1c(=O)n(C)c(=O)n2C. The van der Waals surface area contributed by atoms with Crippen molar-refractivity contribution in [3.05, 3.63) is 51.3 Å². The first kappa shape index (κ1) is 11.3. The number of allylic oxidation sites excluding steroid dienone is 1. The number of aryl methyl sites for hydroxylation is 1. The molecule has 0 aliphatic carbocycles. The molecule has 0 fully saturated rings. The largest absolute Gasteiger partial charge is 0.332 e. The second kappa shape index (κ2) is 4.01. The number of hydrogen-bond acceptors (Lipinski definition) is 3. The summed E-state index contributed by atoms with van der Waals surface area (Å²) in [6, 6.07) is 1.77. The number of hydrogen-bond donors (Lipinski definition) is 0. The highest BCUT2D eigenvalue weighted by atomic mass is 16.2. The standard InChI is InChI=1S/C12H13N3O2/c1-4-5-8-6-7-13-10-9(8)11(16)15(3)12(17)14(10)2/h4,6-7H,1,5H2,2-3H3. The van der Waals surface area contributed by atoms with Crippen LogP contribution in [0.5, 0.6) is 0 Å². The number of pyridine rings is 1. The van der Waals surface area contributed by atoms with E-state index in [-0.39, 0.29) is 11.2 Å².